The molecule has 0 spiro atoms. The van der Waals surface area contributed by atoms with Crippen LogP contribution in [0.25, 0.3) is 0 Å². The van der Waals surface area contributed by atoms with Crippen LogP contribution in [0.5, 0.6) is 0 Å². The fraction of sp³-hybridized carbons (Fsp3) is 1.00. The normalized spacial score (nSPS) is 9.28. The first-order valence-corrected chi connectivity index (χ1v) is 11.9. The Bertz CT molecular complexity index is 149. The van der Waals surface area contributed by atoms with Gasteiger partial charge in [0.2, 0.25) is 0 Å². The Morgan fingerprint density at radius 3 is 0.440 bits per heavy atom. The van der Waals surface area contributed by atoms with E-state index in [1.54, 1.807) is 0 Å². The minimum Gasteiger partial charge on any atom is 0 e. The Labute approximate surface area is 223 Å². The molecule has 0 bridgehead atoms. The monoisotopic (exact) mass is 528 g/mol. The third kappa shape index (κ3) is 47.0. The van der Waals surface area contributed by atoms with Crippen LogP contribution in [0.3, 0.4) is 0 Å². The molecule has 25 heavy (non-hydrogen) atoms. The largest absolute Gasteiger partial charge is 0 e. The Hall–Kier alpha value is 3.41. The van der Waals surface area contributed by atoms with Crippen molar-refractivity contribution in [1.29, 1.82) is 0 Å². The average Bonchev–Trinajstić information content (AvgIpc) is 2.66. The van der Waals surface area contributed by atoms with Crippen molar-refractivity contribution in [2.24, 2.45) is 0 Å². The summed E-state index contributed by atoms with van der Waals surface area (Å²) >= 11 is 8.44. The summed E-state index contributed by atoms with van der Waals surface area (Å²) in [5, 5.41) is 0. The number of hydrogen-bond donors (Lipinski definition) is 0. The summed E-state index contributed by atoms with van der Waals surface area (Å²) in [5.74, 6) is 0. The summed E-state index contributed by atoms with van der Waals surface area (Å²) in [7, 11) is 0. The summed E-state index contributed by atoms with van der Waals surface area (Å²) in [6.07, 6.45) is 0. The minimum absolute atomic E-state index is 0. The molecular weight excluding hydrogens is 488 g/mol. The molecule has 0 heterocycles. The second-order valence-electron chi connectivity index (χ2n) is 4.69. The maximum Gasteiger partial charge on any atom is 0 e. The van der Waals surface area contributed by atoms with Gasteiger partial charge in [0.1, 0.15) is 0 Å². The van der Waals surface area contributed by atoms with Gasteiger partial charge < -0.3 is 0 Å². The van der Waals surface area contributed by atoms with E-state index in [1.807, 2.05) is 0 Å². The molecule has 0 fully saturated rings. The summed E-state index contributed by atoms with van der Waals surface area (Å²) < 4.78 is 9.00. The van der Waals surface area contributed by atoms with Crippen LogP contribution in [-0.4, -0.2) is 65.9 Å². The second-order valence-corrected chi connectivity index (χ2v) is 8.64. The fourth-order valence-corrected chi connectivity index (χ4v) is 0.894. The van der Waals surface area contributed by atoms with Crippen molar-refractivity contribution in [3.8, 4) is 0 Å². The SMILES string of the molecule is CC[N]([Ti])CC.CC[N]([Ti])CC.CC[N]([Ti])CC.CC[N]([Ti])CC.[Ti]. The van der Waals surface area contributed by atoms with Crippen molar-refractivity contribution in [2.75, 3.05) is 52.4 Å². The van der Waals surface area contributed by atoms with E-state index in [1.165, 1.54) is 0 Å². The molecule has 0 radical (unpaired) electrons. The topological polar surface area (TPSA) is 13.0 Å². The van der Waals surface area contributed by atoms with E-state index < -0.39 is 0 Å². The van der Waals surface area contributed by atoms with Crippen molar-refractivity contribution in [3.05, 3.63) is 0 Å². The van der Waals surface area contributed by atoms with Gasteiger partial charge >= 0.3 is 204 Å². The Balaban J connectivity index is -0.0000000702. The van der Waals surface area contributed by atoms with E-state index in [9.17, 15) is 0 Å². The van der Waals surface area contributed by atoms with Crippen molar-refractivity contribution in [1.82, 2.24) is 13.5 Å². The summed E-state index contributed by atoms with van der Waals surface area (Å²) in [5.41, 5.74) is 0. The van der Waals surface area contributed by atoms with Gasteiger partial charge in [0.15, 0.2) is 0 Å². The molecule has 0 rings (SSSR count). The van der Waals surface area contributed by atoms with E-state index in [-0.39, 0.29) is 21.7 Å². The van der Waals surface area contributed by atoms with Gasteiger partial charge in [-0.15, -0.1) is 0 Å². The quantitative estimate of drug-likeness (QED) is 0.450. The molecule has 4 nitrogen and oxygen atoms in total. The van der Waals surface area contributed by atoms with E-state index in [0.29, 0.717) is 0 Å². The molecule has 0 aliphatic rings. The van der Waals surface area contributed by atoms with E-state index in [0.717, 1.165) is 52.4 Å². The molecule has 0 aliphatic heterocycles. The standard InChI is InChI=1S/4C4H10N.5Ti/c4*1-3-5-4-2;;;;;/h4*3-4H2,1-2H3;;;;;/q4*-1;;4*+1. The van der Waals surface area contributed by atoms with Crippen LogP contribution in [0.2, 0.25) is 0 Å². The molecule has 144 valence electrons. The summed E-state index contributed by atoms with van der Waals surface area (Å²) in [6.45, 7) is 26.6. The maximum atomic E-state index is 2.25. The summed E-state index contributed by atoms with van der Waals surface area (Å²) in [4.78, 5) is 0. The molecule has 0 aliphatic carbocycles. The second kappa shape index (κ2) is 34.9. The molecular formula is C16H40N4Ti5. The molecule has 0 unspecified atom stereocenters. The zero-order valence-corrected chi connectivity index (χ0v) is 25.8. The van der Waals surface area contributed by atoms with Crippen molar-refractivity contribution in [2.45, 2.75) is 55.4 Å². The molecule has 0 aromatic carbocycles. The Morgan fingerprint density at radius 2 is 0.440 bits per heavy atom. The van der Waals surface area contributed by atoms with Crippen LogP contribution in [0.15, 0.2) is 0 Å². The molecule has 0 aromatic rings. The van der Waals surface area contributed by atoms with Crippen LogP contribution in [0.1, 0.15) is 55.4 Å². The Kier molecular flexibility index (Phi) is 54.4. The van der Waals surface area contributed by atoms with Gasteiger partial charge in [-0.1, -0.05) is 0 Å². The molecule has 0 aromatic heterocycles. The van der Waals surface area contributed by atoms with Gasteiger partial charge in [-0.3, -0.25) is 0 Å². The van der Waals surface area contributed by atoms with Gasteiger partial charge in [0.05, 0.1) is 0 Å². The van der Waals surface area contributed by atoms with Crippen molar-refractivity contribution in [3.63, 3.8) is 0 Å². The van der Waals surface area contributed by atoms with Crippen LogP contribution < -0.4 is 0 Å². The maximum absolute atomic E-state index is 2.25. The predicted molar refractivity (Wildman–Crippen MR) is 91.7 cm³/mol. The van der Waals surface area contributed by atoms with Gasteiger partial charge in [-0.05, 0) is 0 Å². The van der Waals surface area contributed by atoms with Crippen LogP contribution in [0.4, 0.5) is 0 Å². The first kappa shape index (κ1) is 38.9. The first-order chi connectivity index (χ1) is 11.2. The third-order valence-electron chi connectivity index (χ3n) is 3.05. The molecule has 0 amide bonds. The molecule has 0 N–H and O–H groups in total. The van der Waals surface area contributed by atoms with Gasteiger partial charge in [0, 0.05) is 21.7 Å². The zero-order valence-electron chi connectivity index (χ0n) is 17.9. The third-order valence-corrected chi connectivity index (χ3v) is 7.00. The predicted octanol–water partition coefficient (Wildman–Crippen LogP) is 3.16. The van der Waals surface area contributed by atoms with Gasteiger partial charge in [-0.2, -0.15) is 0 Å². The molecule has 0 atom stereocenters. The average molecular weight is 528 g/mol. The first-order valence-electron chi connectivity index (χ1n) is 9.08. The zero-order chi connectivity index (χ0) is 20.0. The van der Waals surface area contributed by atoms with Crippen molar-refractivity contribution >= 4 is 0 Å². The number of rotatable bonds is 8. The number of hydrogen-bond acceptors (Lipinski definition) is 4. The molecule has 9 heteroatoms. The Morgan fingerprint density at radius 1 is 0.360 bits per heavy atom. The van der Waals surface area contributed by atoms with Crippen LogP contribution in [-0.2, 0) is 104 Å². The molecule has 0 saturated carbocycles. The van der Waals surface area contributed by atoms with E-state index in [4.69, 9.17) is 0 Å². The minimum atomic E-state index is 0. The summed E-state index contributed by atoms with van der Waals surface area (Å²) in [6, 6.07) is 0. The van der Waals surface area contributed by atoms with Crippen LogP contribution >= 0.6 is 0 Å². The molecule has 0 saturated heterocycles. The smallest absolute Gasteiger partial charge is 0 e. The van der Waals surface area contributed by atoms with Crippen LogP contribution in [0, 0.1) is 0 Å². The van der Waals surface area contributed by atoms with Crippen molar-refractivity contribution < 1.29 is 104 Å². The fourth-order valence-electron chi connectivity index (χ4n) is 0.894. The van der Waals surface area contributed by atoms with Gasteiger partial charge in [0.25, 0.3) is 0 Å². The van der Waals surface area contributed by atoms with E-state index >= 15 is 0 Å². The van der Waals surface area contributed by atoms with E-state index in [2.05, 4.69) is 152 Å². The van der Waals surface area contributed by atoms with Gasteiger partial charge in [-0.25, -0.2) is 0 Å². The number of nitrogens with zero attached hydrogens (tertiary/aromatic N) is 4.